The zero-order valence-electron chi connectivity index (χ0n) is 11.3. The van der Waals surface area contributed by atoms with E-state index in [2.05, 4.69) is 6.92 Å². The second-order valence-corrected chi connectivity index (χ2v) is 7.08. The van der Waals surface area contributed by atoms with Crippen LogP contribution >= 0.6 is 0 Å². The quantitative estimate of drug-likeness (QED) is 0.552. The average Bonchev–Trinajstić information content (AvgIpc) is 2.43. The fourth-order valence-electron chi connectivity index (χ4n) is 1.84. The van der Waals surface area contributed by atoms with E-state index >= 15 is 0 Å². The van der Waals surface area contributed by atoms with Crippen molar-refractivity contribution in [2.24, 2.45) is 0 Å². The van der Waals surface area contributed by atoms with Crippen LogP contribution in [0.3, 0.4) is 0 Å². The van der Waals surface area contributed by atoms with Crippen LogP contribution in [0.5, 0.6) is 0 Å². The monoisotopic (exact) mass is 268 g/mol. The van der Waals surface area contributed by atoms with Gasteiger partial charge < -0.3 is 14.3 Å². The normalized spacial score (nSPS) is 14.4. The van der Waals surface area contributed by atoms with E-state index in [1.54, 1.807) is 0 Å². The largest absolute Gasteiger partial charge is 0.417 e. The molecule has 102 valence electrons. The summed E-state index contributed by atoms with van der Waals surface area (Å²) in [7, 11) is -1.59. The van der Waals surface area contributed by atoms with E-state index in [-0.39, 0.29) is 0 Å². The molecule has 1 aromatic rings. The maximum Gasteiger partial charge on any atom is 0.210 e. The molecule has 0 radical (unpaired) electrons. The van der Waals surface area contributed by atoms with Gasteiger partial charge in [0, 0.05) is 19.8 Å². The molecule has 2 unspecified atom stereocenters. The lowest BCUT2D eigenvalue weighted by molar-refractivity contribution is 0.126. The summed E-state index contributed by atoms with van der Waals surface area (Å²) < 4.78 is 11.1. The summed E-state index contributed by atoms with van der Waals surface area (Å²) in [5.41, 5.74) is 0.559. The van der Waals surface area contributed by atoms with Gasteiger partial charge in [0.1, 0.15) is 0 Å². The van der Waals surface area contributed by atoms with Crippen molar-refractivity contribution in [3.05, 3.63) is 35.9 Å². The third-order valence-electron chi connectivity index (χ3n) is 2.86. The van der Waals surface area contributed by atoms with Crippen LogP contribution in [-0.4, -0.2) is 34.0 Å². The Bertz CT molecular complexity index is 305. The summed E-state index contributed by atoms with van der Waals surface area (Å²) in [6.45, 7) is 6.26. The molecule has 4 heteroatoms. The van der Waals surface area contributed by atoms with Gasteiger partial charge in [0.2, 0.25) is 9.04 Å². The molecule has 0 heterocycles. The number of aliphatic hydroxyl groups excluding tert-OH is 1. The predicted octanol–water partition coefficient (Wildman–Crippen LogP) is 2.45. The van der Waals surface area contributed by atoms with Crippen molar-refractivity contribution >= 4 is 9.04 Å². The molecule has 0 aliphatic carbocycles. The fourth-order valence-corrected chi connectivity index (χ4v) is 3.82. The Morgan fingerprint density at radius 3 is 2.50 bits per heavy atom. The molecule has 0 fully saturated rings. The van der Waals surface area contributed by atoms with Crippen molar-refractivity contribution < 1.29 is 14.3 Å². The minimum atomic E-state index is -1.59. The molecular weight excluding hydrogens is 244 g/mol. The van der Waals surface area contributed by atoms with Gasteiger partial charge in [0.05, 0.1) is 5.73 Å². The van der Waals surface area contributed by atoms with Crippen LogP contribution in [-0.2, 0) is 9.16 Å². The fraction of sp³-hybridized carbons (Fsp3) is 0.571. The lowest BCUT2D eigenvalue weighted by Gasteiger charge is -2.20. The van der Waals surface area contributed by atoms with Crippen LogP contribution in [0.15, 0.2) is 30.3 Å². The molecule has 3 nitrogen and oxygen atoms in total. The molecule has 1 aromatic carbocycles. The topological polar surface area (TPSA) is 38.7 Å². The van der Waals surface area contributed by atoms with Crippen molar-refractivity contribution in [3.63, 3.8) is 0 Å². The van der Waals surface area contributed by atoms with Crippen LogP contribution < -0.4 is 0 Å². The Kier molecular flexibility index (Phi) is 7.92. The third-order valence-corrected chi connectivity index (χ3v) is 5.42. The van der Waals surface area contributed by atoms with E-state index < -0.39 is 14.8 Å². The minimum Gasteiger partial charge on any atom is -0.417 e. The molecule has 0 saturated heterocycles. The first-order valence-electron chi connectivity index (χ1n) is 6.72. The SMILES string of the molecule is CCOCCCO[SiH](CC)C(O)c1ccccc1. The smallest absolute Gasteiger partial charge is 0.210 e. The molecule has 1 rings (SSSR count). The Morgan fingerprint density at radius 2 is 1.89 bits per heavy atom. The van der Waals surface area contributed by atoms with Crippen molar-refractivity contribution in [1.82, 2.24) is 0 Å². The highest BCUT2D eigenvalue weighted by molar-refractivity contribution is 6.52. The van der Waals surface area contributed by atoms with Crippen LogP contribution in [0.2, 0.25) is 6.04 Å². The van der Waals surface area contributed by atoms with Crippen molar-refractivity contribution in [3.8, 4) is 0 Å². The van der Waals surface area contributed by atoms with Crippen molar-refractivity contribution in [2.75, 3.05) is 19.8 Å². The molecule has 0 aliphatic rings. The van der Waals surface area contributed by atoms with E-state index in [9.17, 15) is 5.11 Å². The van der Waals surface area contributed by atoms with Gasteiger partial charge in [0.15, 0.2) is 0 Å². The first-order valence-corrected chi connectivity index (χ1v) is 8.67. The molecule has 1 N–H and O–H groups in total. The van der Waals surface area contributed by atoms with Gasteiger partial charge >= 0.3 is 0 Å². The van der Waals surface area contributed by atoms with Gasteiger partial charge in [0.25, 0.3) is 0 Å². The third kappa shape index (κ3) is 5.31. The van der Waals surface area contributed by atoms with Crippen LogP contribution in [0.25, 0.3) is 0 Å². The zero-order chi connectivity index (χ0) is 13.2. The summed E-state index contributed by atoms with van der Waals surface area (Å²) in [5, 5.41) is 10.3. The van der Waals surface area contributed by atoms with Gasteiger partial charge in [-0.15, -0.1) is 0 Å². The molecular formula is C14H24O3Si. The molecule has 18 heavy (non-hydrogen) atoms. The van der Waals surface area contributed by atoms with E-state index in [0.29, 0.717) is 6.61 Å². The second-order valence-electron chi connectivity index (χ2n) is 4.22. The standard InChI is InChI=1S/C14H24O3Si/c1-3-16-11-8-12-17-18(4-2)14(15)13-9-6-5-7-10-13/h5-7,9-10,14-15,18H,3-4,8,11-12H2,1-2H3. The van der Waals surface area contributed by atoms with Crippen LogP contribution in [0, 0.1) is 0 Å². The summed E-state index contributed by atoms with van der Waals surface area (Å²) in [6.07, 6.45) is 0.902. The van der Waals surface area contributed by atoms with Gasteiger partial charge in [-0.2, -0.15) is 0 Å². The van der Waals surface area contributed by atoms with E-state index in [0.717, 1.165) is 31.2 Å². The van der Waals surface area contributed by atoms with Gasteiger partial charge in [-0.1, -0.05) is 37.3 Å². The van der Waals surface area contributed by atoms with Gasteiger partial charge in [-0.05, 0) is 25.0 Å². The number of benzene rings is 1. The molecule has 0 amide bonds. The maximum atomic E-state index is 10.3. The number of hydrogen-bond donors (Lipinski definition) is 1. The van der Waals surface area contributed by atoms with Gasteiger partial charge in [-0.25, -0.2) is 0 Å². The summed E-state index contributed by atoms with van der Waals surface area (Å²) in [4.78, 5) is 0. The average molecular weight is 268 g/mol. The van der Waals surface area contributed by atoms with Crippen molar-refractivity contribution in [1.29, 1.82) is 0 Å². The van der Waals surface area contributed by atoms with Crippen LogP contribution in [0.1, 0.15) is 31.6 Å². The Balaban J connectivity index is 2.36. The number of ether oxygens (including phenoxy) is 1. The lowest BCUT2D eigenvalue weighted by Crippen LogP contribution is -2.27. The highest BCUT2D eigenvalue weighted by Gasteiger charge is 2.21. The maximum absolute atomic E-state index is 10.3. The number of aliphatic hydroxyl groups is 1. The Labute approximate surface area is 111 Å². The lowest BCUT2D eigenvalue weighted by atomic mass is 10.2. The Morgan fingerprint density at radius 1 is 1.17 bits per heavy atom. The molecule has 0 aliphatic heterocycles. The summed E-state index contributed by atoms with van der Waals surface area (Å²) in [6, 6.07) is 10.7. The first-order chi connectivity index (χ1) is 8.79. The first kappa shape index (κ1) is 15.4. The number of hydrogen-bond acceptors (Lipinski definition) is 3. The second kappa shape index (κ2) is 9.27. The summed E-state index contributed by atoms with van der Waals surface area (Å²) in [5.74, 6) is 0. The van der Waals surface area contributed by atoms with Crippen LogP contribution in [0.4, 0.5) is 0 Å². The highest BCUT2D eigenvalue weighted by Crippen LogP contribution is 2.18. The van der Waals surface area contributed by atoms with E-state index in [1.807, 2.05) is 37.3 Å². The Hall–Kier alpha value is -0.683. The predicted molar refractivity (Wildman–Crippen MR) is 76.1 cm³/mol. The highest BCUT2D eigenvalue weighted by atomic mass is 28.3. The minimum absolute atomic E-state index is 0.414. The molecule has 0 bridgehead atoms. The molecule has 0 saturated carbocycles. The van der Waals surface area contributed by atoms with Gasteiger partial charge in [-0.3, -0.25) is 0 Å². The molecule has 0 spiro atoms. The van der Waals surface area contributed by atoms with E-state index in [1.165, 1.54) is 0 Å². The summed E-state index contributed by atoms with van der Waals surface area (Å²) >= 11 is 0. The molecule has 2 atom stereocenters. The van der Waals surface area contributed by atoms with Crippen molar-refractivity contribution in [2.45, 2.75) is 32.0 Å². The zero-order valence-corrected chi connectivity index (χ0v) is 12.5. The molecule has 0 aromatic heterocycles. The van der Waals surface area contributed by atoms with E-state index in [4.69, 9.17) is 9.16 Å². The number of rotatable bonds is 9.